The minimum Gasteiger partial charge on any atom is -0.289 e. The van der Waals surface area contributed by atoms with E-state index in [-0.39, 0.29) is 10.8 Å². The van der Waals surface area contributed by atoms with Gasteiger partial charge in [-0.05, 0) is 59.3 Å². The maximum absolute atomic E-state index is 13.3. The molecule has 0 saturated carbocycles. The zero-order valence-corrected chi connectivity index (χ0v) is 12.4. The number of carbonyl (C=O) groups is 1. The summed E-state index contributed by atoms with van der Waals surface area (Å²) in [4.78, 5) is 12.3. The summed E-state index contributed by atoms with van der Waals surface area (Å²) in [6.07, 6.45) is 0. The molecule has 0 aliphatic heterocycles. The van der Waals surface area contributed by atoms with Gasteiger partial charge in [0.15, 0.2) is 5.78 Å². The molecule has 0 spiro atoms. The Kier molecular flexibility index (Phi) is 4.02. The van der Waals surface area contributed by atoms with Gasteiger partial charge in [-0.3, -0.25) is 4.79 Å². The molecule has 92 valence electrons. The van der Waals surface area contributed by atoms with Crippen LogP contribution < -0.4 is 0 Å². The maximum Gasteiger partial charge on any atom is 0.195 e. The zero-order valence-electron chi connectivity index (χ0n) is 9.51. The number of halogens is 3. The third-order valence-electron chi connectivity index (χ3n) is 2.61. The molecule has 1 nitrogen and oxygen atoms in total. The zero-order chi connectivity index (χ0) is 13.3. The van der Waals surface area contributed by atoms with Crippen molar-refractivity contribution in [1.82, 2.24) is 0 Å². The minimum atomic E-state index is -0.403. The molecule has 2 aromatic carbocycles. The van der Waals surface area contributed by atoms with Crippen LogP contribution in [0.15, 0.2) is 36.4 Å². The van der Waals surface area contributed by atoms with Crippen molar-refractivity contribution in [3.05, 3.63) is 67.5 Å². The highest BCUT2D eigenvalue weighted by Crippen LogP contribution is 2.24. The Morgan fingerprint density at radius 1 is 1.22 bits per heavy atom. The van der Waals surface area contributed by atoms with E-state index in [1.54, 1.807) is 19.1 Å². The Bertz CT molecular complexity index is 625. The average Bonchev–Trinajstić information content (AvgIpc) is 2.33. The molecule has 0 amide bonds. The summed E-state index contributed by atoms with van der Waals surface area (Å²) in [6, 6.07) is 9.90. The Morgan fingerprint density at radius 3 is 2.56 bits per heavy atom. The van der Waals surface area contributed by atoms with Crippen LogP contribution >= 0.6 is 34.2 Å². The van der Waals surface area contributed by atoms with Gasteiger partial charge in [0.25, 0.3) is 0 Å². The van der Waals surface area contributed by atoms with Crippen LogP contribution in [-0.2, 0) is 0 Å². The predicted molar refractivity (Wildman–Crippen MR) is 78.7 cm³/mol. The molecule has 0 saturated heterocycles. The Labute approximate surface area is 123 Å². The summed E-state index contributed by atoms with van der Waals surface area (Å²) in [7, 11) is 0. The summed E-state index contributed by atoms with van der Waals surface area (Å²) < 4.78 is 14.2. The second kappa shape index (κ2) is 5.36. The molecule has 0 aliphatic carbocycles. The van der Waals surface area contributed by atoms with Gasteiger partial charge in [0.1, 0.15) is 5.82 Å². The lowest BCUT2D eigenvalue weighted by molar-refractivity contribution is 0.103. The minimum absolute atomic E-state index is 0.141. The van der Waals surface area contributed by atoms with E-state index in [2.05, 4.69) is 22.6 Å². The molecule has 0 aromatic heterocycles. The van der Waals surface area contributed by atoms with Crippen LogP contribution in [0.2, 0.25) is 5.02 Å². The Hall–Kier alpha value is -0.940. The molecular weight excluding hydrogens is 366 g/mol. The third kappa shape index (κ3) is 2.57. The standard InChI is InChI=1S/C14H9ClFIO/c1-8-6-10(11(15)7-12(8)16)14(18)9-4-2-3-5-13(9)17/h2-7H,1H3. The predicted octanol–water partition coefficient (Wildman–Crippen LogP) is 4.62. The van der Waals surface area contributed by atoms with E-state index in [4.69, 9.17) is 11.6 Å². The smallest absolute Gasteiger partial charge is 0.195 e. The van der Waals surface area contributed by atoms with Crippen molar-refractivity contribution in [3.63, 3.8) is 0 Å². The fourth-order valence-corrected chi connectivity index (χ4v) is 2.49. The largest absolute Gasteiger partial charge is 0.289 e. The van der Waals surface area contributed by atoms with E-state index in [0.717, 1.165) is 3.57 Å². The third-order valence-corrected chi connectivity index (χ3v) is 3.86. The van der Waals surface area contributed by atoms with Gasteiger partial charge in [-0.15, -0.1) is 0 Å². The van der Waals surface area contributed by atoms with E-state index < -0.39 is 5.82 Å². The SMILES string of the molecule is Cc1cc(C(=O)c2ccccc2I)c(Cl)cc1F. The molecule has 0 heterocycles. The van der Waals surface area contributed by atoms with Gasteiger partial charge in [0, 0.05) is 14.7 Å². The molecular formula is C14H9ClFIO. The first-order valence-electron chi connectivity index (χ1n) is 5.25. The molecule has 0 radical (unpaired) electrons. The Balaban J connectivity index is 2.53. The molecule has 2 aromatic rings. The van der Waals surface area contributed by atoms with E-state index in [0.29, 0.717) is 16.7 Å². The summed E-state index contributed by atoms with van der Waals surface area (Å²) in [6.45, 7) is 1.61. The van der Waals surface area contributed by atoms with Crippen molar-refractivity contribution < 1.29 is 9.18 Å². The highest BCUT2D eigenvalue weighted by molar-refractivity contribution is 14.1. The maximum atomic E-state index is 13.3. The first kappa shape index (κ1) is 13.5. The molecule has 0 unspecified atom stereocenters. The van der Waals surface area contributed by atoms with Gasteiger partial charge in [-0.2, -0.15) is 0 Å². The van der Waals surface area contributed by atoms with Crippen molar-refractivity contribution in [2.24, 2.45) is 0 Å². The van der Waals surface area contributed by atoms with Crippen molar-refractivity contribution in [1.29, 1.82) is 0 Å². The Morgan fingerprint density at radius 2 is 1.89 bits per heavy atom. The average molecular weight is 375 g/mol. The molecule has 18 heavy (non-hydrogen) atoms. The fourth-order valence-electron chi connectivity index (χ4n) is 1.62. The van der Waals surface area contributed by atoms with Crippen LogP contribution in [0.4, 0.5) is 4.39 Å². The number of carbonyl (C=O) groups excluding carboxylic acids is 1. The number of benzene rings is 2. The monoisotopic (exact) mass is 374 g/mol. The molecule has 0 N–H and O–H groups in total. The van der Waals surface area contributed by atoms with E-state index in [9.17, 15) is 9.18 Å². The second-order valence-electron chi connectivity index (χ2n) is 3.89. The van der Waals surface area contributed by atoms with Crippen molar-refractivity contribution in [2.45, 2.75) is 6.92 Å². The lowest BCUT2D eigenvalue weighted by Gasteiger charge is -2.07. The van der Waals surface area contributed by atoms with Crippen molar-refractivity contribution in [3.8, 4) is 0 Å². The van der Waals surface area contributed by atoms with Gasteiger partial charge in [0.2, 0.25) is 0 Å². The number of rotatable bonds is 2. The molecule has 0 bridgehead atoms. The van der Waals surface area contributed by atoms with E-state index in [1.807, 2.05) is 12.1 Å². The summed E-state index contributed by atoms with van der Waals surface area (Å²) in [5.74, 6) is -0.590. The lowest BCUT2D eigenvalue weighted by Crippen LogP contribution is -2.05. The highest BCUT2D eigenvalue weighted by Gasteiger charge is 2.16. The van der Waals surface area contributed by atoms with Crippen LogP contribution in [0.5, 0.6) is 0 Å². The quantitative estimate of drug-likeness (QED) is 0.554. The van der Waals surface area contributed by atoms with E-state index in [1.165, 1.54) is 12.1 Å². The van der Waals surface area contributed by atoms with Crippen LogP contribution in [0.3, 0.4) is 0 Å². The lowest BCUT2D eigenvalue weighted by atomic mass is 10.0. The van der Waals surface area contributed by atoms with Gasteiger partial charge >= 0.3 is 0 Å². The van der Waals surface area contributed by atoms with Crippen molar-refractivity contribution >= 4 is 40.0 Å². The molecule has 0 fully saturated rings. The normalized spacial score (nSPS) is 10.4. The topological polar surface area (TPSA) is 17.1 Å². The van der Waals surface area contributed by atoms with Gasteiger partial charge < -0.3 is 0 Å². The number of ketones is 1. The summed E-state index contributed by atoms with van der Waals surface area (Å²) >= 11 is 8.03. The van der Waals surface area contributed by atoms with Gasteiger partial charge in [-0.1, -0.05) is 23.7 Å². The van der Waals surface area contributed by atoms with Crippen LogP contribution in [0, 0.1) is 16.3 Å². The number of hydrogen-bond acceptors (Lipinski definition) is 1. The molecule has 0 atom stereocenters. The molecule has 2 rings (SSSR count). The molecule has 4 heteroatoms. The fraction of sp³-hybridized carbons (Fsp3) is 0.0714. The summed E-state index contributed by atoms with van der Waals surface area (Å²) in [5.41, 5.74) is 1.32. The van der Waals surface area contributed by atoms with Crippen LogP contribution in [0.1, 0.15) is 21.5 Å². The van der Waals surface area contributed by atoms with E-state index >= 15 is 0 Å². The number of aryl methyl sites for hydroxylation is 1. The first-order chi connectivity index (χ1) is 8.50. The van der Waals surface area contributed by atoms with Gasteiger partial charge in [0.05, 0.1) is 5.02 Å². The van der Waals surface area contributed by atoms with Gasteiger partial charge in [-0.25, -0.2) is 4.39 Å². The van der Waals surface area contributed by atoms with Crippen LogP contribution in [0.25, 0.3) is 0 Å². The second-order valence-corrected chi connectivity index (χ2v) is 5.46. The summed E-state index contributed by atoms with van der Waals surface area (Å²) in [5, 5.41) is 0.141. The highest BCUT2D eigenvalue weighted by atomic mass is 127. The van der Waals surface area contributed by atoms with Crippen LogP contribution in [-0.4, -0.2) is 5.78 Å². The van der Waals surface area contributed by atoms with Crippen molar-refractivity contribution in [2.75, 3.05) is 0 Å². The first-order valence-corrected chi connectivity index (χ1v) is 6.71. The molecule has 0 aliphatic rings. The number of hydrogen-bond donors (Lipinski definition) is 0.